The molecule has 2 N–H and O–H groups in total. The average Bonchev–Trinajstić information content (AvgIpc) is 2.91. The molecule has 1 atom stereocenters. The van der Waals surface area contributed by atoms with Gasteiger partial charge in [0.05, 0.1) is 18.7 Å². The third kappa shape index (κ3) is 1.80. The number of hydrogen-bond donors (Lipinski definition) is 1. The van der Waals surface area contributed by atoms with Gasteiger partial charge in [-0.2, -0.15) is 0 Å². The number of nitrogens with zero attached hydrogens (tertiary/aromatic N) is 2. The molecule has 19 heavy (non-hydrogen) atoms. The van der Waals surface area contributed by atoms with Crippen LogP contribution in [0.3, 0.4) is 0 Å². The van der Waals surface area contributed by atoms with Gasteiger partial charge in [0.25, 0.3) is 0 Å². The fraction of sp³-hybridized carbons (Fsp3) is 0.500. The molecule has 4 nitrogen and oxygen atoms in total. The van der Waals surface area contributed by atoms with E-state index in [4.69, 9.17) is 10.5 Å². The van der Waals surface area contributed by atoms with Crippen LogP contribution in [0.15, 0.2) is 23.2 Å². The van der Waals surface area contributed by atoms with E-state index in [1.807, 2.05) is 6.07 Å². The zero-order chi connectivity index (χ0) is 13.5. The second-order valence-corrected chi connectivity index (χ2v) is 5.15. The Morgan fingerprint density at radius 2 is 2.37 bits per heavy atom. The molecule has 1 spiro atoms. The second-order valence-electron chi connectivity index (χ2n) is 5.15. The Labute approximate surface area is 112 Å². The van der Waals surface area contributed by atoms with Crippen molar-refractivity contribution in [2.24, 2.45) is 10.7 Å². The topological polar surface area (TPSA) is 50.9 Å². The van der Waals surface area contributed by atoms with Gasteiger partial charge in [0, 0.05) is 13.7 Å². The lowest BCUT2D eigenvalue weighted by atomic mass is 9.91. The SMILES string of the molecule is COCCN1C(N)=NCC12CCc1cc(F)ccc12. The van der Waals surface area contributed by atoms with E-state index in [1.54, 1.807) is 13.2 Å². The van der Waals surface area contributed by atoms with Crippen molar-refractivity contribution < 1.29 is 9.13 Å². The third-order valence-corrected chi connectivity index (χ3v) is 4.19. The van der Waals surface area contributed by atoms with Gasteiger partial charge in [0.2, 0.25) is 0 Å². The predicted octanol–water partition coefficient (Wildman–Crippen LogP) is 1.24. The molecular weight excluding hydrogens is 245 g/mol. The van der Waals surface area contributed by atoms with Crippen molar-refractivity contribution in [3.8, 4) is 0 Å². The Kier molecular flexibility index (Phi) is 2.93. The third-order valence-electron chi connectivity index (χ3n) is 4.19. The monoisotopic (exact) mass is 263 g/mol. The minimum absolute atomic E-state index is 0.175. The van der Waals surface area contributed by atoms with Crippen molar-refractivity contribution in [2.75, 3.05) is 26.8 Å². The van der Waals surface area contributed by atoms with Crippen LogP contribution in [0.2, 0.25) is 0 Å². The zero-order valence-corrected chi connectivity index (χ0v) is 11.0. The molecule has 0 saturated carbocycles. The van der Waals surface area contributed by atoms with Crippen LogP contribution in [0.5, 0.6) is 0 Å². The second kappa shape index (κ2) is 4.49. The number of nitrogens with two attached hydrogens (primary N) is 1. The van der Waals surface area contributed by atoms with E-state index in [-0.39, 0.29) is 11.4 Å². The Morgan fingerprint density at radius 3 is 3.16 bits per heavy atom. The lowest BCUT2D eigenvalue weighted by Gasteiger charge is -2.37. The highest BCUT2D eigenvalue weighted by molar-refractivity contribution is 5.81. The Bertz CT molecular complexity index is 531. The summed E-state index contributed by atoms with van der Waals surface area (Å²) in [7, 11) is 1.67. The first kappa shape index (κ1) is 12.4. The van der Waals surface area contributed by atoms with Crippen LogP contribution in [0.25, 0.3) is 0 Å². The predicted molar refractivity (Wildman–Crippen MR) is 71.5 cm³/mol. The fourth-order valence-corrected chi connectivity index (χ4v) is 3.26. The van der Waals surface area contributed by atoms with E-state index < -0.39 is 0 Å². The molecule has 0 saturated heterocycles. The number of guanidine groups is 1. The first-order valence-electron chi connectivity index (χ1n) is 6.53. The maximum absolute atomic E-state index is 13.3. The lowest BCUT2D eigenvalue weighted by molar-refractivity contribution is 0.128. The number of methoxy groups -OCH3 is 1. The van der Waals surface area contributed by atoms with Gasteiger partial charge in [-0.3, -0.25) is 4.99 Å². The van der Waals surface area contributed by atoms with E-state index >= 15 is 0 Å². The van der Waals surface area contributed by atoms with Crippen LogP contribution >= 0.6 is 0 Å². The molecule has 1 heterocycles. The maximum Gasteiger partial charge on any atom is 0.192 e. The first-order chi connectivity index (χ1) is 9.17. The molecule has 0 fully saturated rings. The summed E-state index contributed by atoms with van der Waals surface area (Å²) in [4.78, 5) is 6.51. The van der Waals surface area contributed by atoms with Crippen molar-refractivity contribution in [3.63, 3.8) is 0 Å². The van der Waals surface area contributed by atoms with Gasteiger partial charge in [-0.1, -0.05) is 6.07 Å². The van der Waals surface area contributed by atoms with Crippen molar-refractivity contribution in [1.29, 1.82) is 0 Å². The number of aryl methyl sites for hydroxylation is 1. The summed E-state index contributed by atoms with van der Waals surface area (Å²) in [6.07, 6.45) is 1.80. The summed E-state index contributed by atoms with van der Waals surface area (Å²) in [5, 5.41) is 0. The summed E-state index contributed by atoms with van der Waals surface area (Å²) in [5.74, 6) is 0.389. The lowest BCUT2D eigenvalue weighted by Crippen LogP contribution is -2.49. The van der Waals surface area contributed by atoms with Gasteiger partial charge < -0.3 is 15.4 Å². The van der Waals surface area contributed by atoms with Crippen LogP contribution in [0.4, 0.5) is 4.39 Å². The molecule has 1 aromatic rings. The number of hydrogen-bond acceptors (Lipinski definition) is 4. The molecule has 0 aromatic heterocycles. The number of halogens is 1. The molecule has 0 bridgehead atoms. The van der Waals surface area contributed by atoms with Crippen LogP contribution in [-0.2, 0) is 16.7 Å². The van der Waals surface area contributed by atoms with Gasteiger partial charge in [-0.15, -0.1) is 0 Å². The van der Waals surface area contributed by atoms with E-state index in [1.165, 1.54) is 6.07 Å². The number of fused-ring (bicyclic) bond motifs is 2. The van der Waals surface area contributed by atoms with Crippen LogP contribution in [0.1, 0.15) is 17.5 Å². The van der Waals surface area contributed by atoms with Crippen LogP contribution < -0.4 is 5.73 Å². The molecule has 102 valence electrons. The number of ether oxygens (including phenoxy) is 1. The Hall–Kier alpha value is -1.62. The zero-order valence-electron chi connectivity index (χ0n) is 11.0. The van der Waals surface area contributed by atoms with Crippen LogP contribution in [0, 0.1) is 5.82 Å². The smallest absolute Gasteiger partial charge is 0.192 e. The van der Waals surface area contributed by atoms with Crippen molar-refractivity contribution >= 4 is 5.96 Å². The summed E-state index contributed by atoms with van der Waals surface area (Å²) >= 11 is 0. The first-order valence-corrected chi connectivity index (χ1v) is 6.53. The highest BCUT2D eigenvalue weighted by Gasteiger charge is 2.47. The number of aliphatic imine (C=N–C) groups is 1. The maximum atomic E-state index is 13.3. The minimum atomic E-state index is -0.189. The van der Waals surface area contributed by atoms with Gasteiger partial charge in [-0.05, 0) is 36.1 Å². The summed E-state index contributed by atoms with van der Waals surface area (Å²) < 4.78 is 18.5. The largest absolute Gasteiger partial charge is 0.383 e. The standard InChI is InChI=1S/C14H18FN3O/c1-19-7-6-18-13(16)17-9-14(18)5-4-10-8-11(15)2-3-12(10)14/h2-3,8H,4-7,9H2,1H3,(H2,16,17). The fourth-order valence-electron chi connectivity index (χ4n) is 3.26. The molecule has 5 heteroatoms. The van der Waals surface area contributed by atoms with Crippen molar-refractivity contribution in [1.82, 2.24) is 4.90 Å². The van der Waals surface area contributed by atoms with Crippen molar-refractivity contribution in [3.05, 3.63) is 35.1 Å². The molecule has 1 aliphatic heterocycles. The molecule has 2 aliphatic rings. The average molecular weight is 263 g/mol. The molecule has 1 aliphatic carbocycles. The minimum Gasteiger partial charge on any atom is -0.383 e. The highest BCUT2D eigenvalue weighted by atomic mass is 19.1. The van der Waals surface area contributed by atoms with E-state index in [9.17, 15) is 4.39 Å². The molecular formula is C14H18FN3O. The van der Waals surface area contributed by atoms with E-state index in [0.717, 1.165) is 24.0 Å². The van der Waals surface area contributed by atoms with Crippen molar-refractivity contribution in [2.45, 2.75) is 18.4 Å². The summed E-state index contributed by atoms with van der Waals surface area (Å²) in [6.45, 7) is 1.97. The van der Waals surface area contributed by atoms with Gasteiger partial charge in [0.1, 0.15) is 5.82 Å². The van der Waals surface area contributed by atoms with E-state index in [2.05, 4.69) is 9.89 Å². The molecule has 3 rings (SSSR count). The highest BCUT2D eigenvalue weighted by Crippen LogP contribution is 2.44. The summed E-state index contributed by atoms with van der Waals surface area (Å²) in [5.41, 5.74) is 8.06. The van der Waals surface area contributed by atoms with Gasteiger partial charge in [0.15, 0.2) is 5.96 Å². The quantitative estimate of drug-likeness (QED) is 0.892. The molecule has 1 unspecified atom stereocenters. The Balaban J connectivity index is 1.97. The number of rotatable bonds is 3. The molecule has 0 amide bonds. The Morgan fingerprint density at radius 1 is 1.53 bits per heavy atom. The van der Waals surface area contributed by atoms with Gasteiger partial charge in [-0.25, -0.2) is 4.39 Å². The van der Waals surface area contributed by atoms with Crippen LogP contribution in [-0.4, -0.2) is 37.7 Å². The molecule has 0 radical (unpaired) electrons. The molecule has 1 aromatic carbocycles. The summed E-state index contributed by atoms with van der Waals surface area (Å²) in [6, 6.07) is 5.04. The number of benzene rings is 1. The van der Waals surface area contributed by atoms with E-state index in [0.29, 0.717) is 25.7 Å². The normalized spacial score (nSPS) is 24.9. The van der Waals surface area contributed by atoms with Gasteiger partial charge >= 0.3 is 0 Å².